The van der Waals surface area contributed by atoms with Crippen molar-refractivity contribution in [3.05, 3.63) is 70.6 Å². The zero-order chi connectivity index (χ0) is 21.7. The van der Waals surface area contributed by atoms with Crippen molar-refractivity contribution in [2.45, 2.75) is 27.0 Å². The number of carbonyl (C=O) groups is 1. The van der Waals surface area contributed by atoms with E-state index in [1.54, 1.807) is 50.4 Å². The Labute approximate surface area is 176 Å². The Bertz CT molecular complexity index is 991. The molecule has 0 aliphatic rings. The molecule has 1 aromatic heterocycles. The number of hydrogen-bond donors (Lipinski definition) is 0. The van der Waals surface area contributed by atoms with Crippen molar-refractivity contribution in [2.24, 2.45) is 0 Å². The standard InChI is InChI=1S/C23H26N2O5/c1-15-20(16(2)30-24-15)14-29-19-9-7-18(8-10-19)23(26)25(3)13-17-6-11-21(27-4)22(12-17)28-5/h6-12H,13-14H2,1-5H3. The van der Waals surface area contributed by atoms with Gasteiger partial charge in [-0.3, -0.25) is 4.79 Å². The van der Waals surface area contributed by atoms with Gasteiger partial charge in [0.15, 0.2) is 11.5 Å². The second-order valence-electron chi connectivity index (χ2n) is 6.97. The van der Waals surface area contributed by atoms with Gasteiger partial charge in [0, 0.05) is 19.2 Å². The molecule has 0 bridgehead atoms. The first-order valence-electron chi connectivity index (χ1n) is 9.54. The lowest BCUT2D eigenvalue weighted by Crippen LogP contribution is -2.26. The van der Waals surface area contributed by atoms with Crippen molar-refractivity contribution in [3.8, 4) is 17.2 Å². The van der Waals surface area contributed by atoms with E-state index in [0.29, 0.717) is 36.0 Å². The highest BCUT2D eigenvalue weighted by atomic mass is 16.5. The lowest BCUT2D eigenvalue weighted by atomic mass is 10.1. The smallest absolute Gasteiger partial charge is 0.253 e. The van der Waals surface area contributed by atoms with E-state index in [4.69, 9.17) is 18.7 Å². The van der Waals surface area contributed by atoms with Crippen molar-refractivity contribution in [2.75, 3.05) is 21.3 Å². The largest absolute Gasteiger partial charge is 0.493 e. The van der Waals surface area contributed by atoms with Gasteiger partial charge >= 0.3 is 0 Å². The molecule has 0 fully saturated rings. The van der Waals surface area contributed by atoms with Crippen molar-refractivity contribution in [3.63, 3.8) is 0 Å². The van der Waals surface area contributed by atoms with Gasteiger partial charge in [-0.05, 0) is 55.8 Å². The Morgan fingerprint density at radius 1 is 1.03 bits per heavy atom. The zero-order valence-corrected chi connectivity index (χ0v) is 17.9. The van der Waals surface area contributed by atoms with E-state index in [2.05, 4.69) is 5.16 Å². The van der Waals surface area contributed by atoms with Gasteiger partial charge in [0.05, 0.1) is 25.5 Å². The molecule has 0 spiro atoms. The summed E-state index contributed by atoms with van der Waals surface area (Å²) in [6, 6.07) is 12.7. The fourth-order valence-electron chi connectivity index (χ4n) is 3.10. The molecule has 0 N–H and O–H groups in total. The van der Waals surface area contributed by atoms with E-state index in [9.17, 15) is 4.79 Å². The fourth-order valence-corrected chi connectivity index (χ4v) is 3.10. The molecular weight excluding hydrogens is 384 g/mol. The molecule has 30 heavy (non-hydrogen) atoms. The average molecular weight is 410 g/mol. The summed E-state index contributed by atoms with van der Waals surface area (Å²) in [5.74, 6) is 2.63. The van der Waals surface area contributed by atoms with Gasteiger partial charge in [0.1, 0.15) is 18.1 Å². The van der Waals surface area contributed by atoms with E-state index >= 15 is 0 Å². The molecule has 3 rings (SSSR count). The molecule has 158 valence electrons. The normalized spacial score (nSPS) is 10.6. The number of methoxy groups -OCH3 is 2. The summed E-state index contributed by atoms with van der Waals surface area (Å²) in [4.78, 5) is 14.4. The third-order valence-electron chi connectivity index (χ3n) is 4.88. The van der Waals surface area contributed by atoms with Gasteiger partial charge in [-0.15, -0.1) is 0 Å². The van der Waals surface area contributed by atoms with Crippen LogP contribution in [0.25, 0.3) is 0 Å². The second-order valence-corrected chi connectivity index (χ2v) is 6.97. The number of carbonyl (C=O) groups excluding carboxylic acids is 1. The molecule has 7 heteroatoms. The number of rotatable bonds is 8. The topological polar surface area (TPSA) is 74.0 Å². The molecule has 0 unspecified atom stereocenters. The van der Waals surface area contributed by atoms with Crippen LogP contribution >= 0.6 is 0 Å². The van der Waals surface area contributed by atoms with Crippen LogP contribution in [0.4, 0.5) is 0 Å². The van der Waals surface area contributed by atoms with Crippen LogP contribution in [0.2, 0.25) is 0 Å². The minimum Gasteiger partial charge on any atom is -0.493 e. The van der Waals surface area contributed by atoms with Crippen LogP contribution in [0.5, 0.6) is 17.2 Å². The average Bonchev–Trinajstić information content (AvgIpc) is 3.09. The zero-order valence-electron chi connectivity index (χ0n) is 17.9. The number of ether oxygens (including phenoxy) is 3. The minimum absolute atomic E-state index is 0.0814. The molecule has 0 radical (unpaired) electrons. The fraction of sp³-hybridized carbons (Fsp3) is 0.304. The summed E-state index contributed by atoms with van der Waals surface area (Å²) in [7, 11) is 4.95. The summed E-state index contributed by atoms with van der Waals surface area (Å²) in [6.45, 7) is 4.55. The molecule has 0 saturated carbocycles. The van der Waals surface area contributed by atoms with E-state index in [0.717, 1.165) is 22.6 Å². The van der Waals surface area contributed by atoms with Gasteiger partial charge in [0.2, 0.25) is 0 Å². The Morgan fingerprint density at radius 3 is 2.33 bits per heavy atom. The van der Waals surface area contributed by atoms with Crippen molar-refractivity contribution in [1.29, 1.82) is 0 Å². The Balaban J connectivity index is 1.62. The lowest BCUT2D eigenvalue weighted by Gasteiger charge is -2.18. The first-order valence-corrected chi connectivity index (χ1v) is 9.54. The monoisotopic (exact) mass is 410 g/mol. The van der Waals surface area contributed by atoms with Crippen molar-refractivity contribution >= 4 is 5.91 Å². The number of nitrogens with zero attached hydrogens (tertiary/aromatic N) is 2. The van der Waals surface area contributed by atoms with Crippen LogP contribution in [0.15, 0.2) is 47.0 Å². The summed E-state index contributed by atoms with van der Waals surface area (Å²) in [5.41, 5.74) is 3.28. The minimum atomic E-state index is -0.0814. The summed E-state index contributed by atoms with van der Waals surface area (Å²) in [6.07, 6.45) is 0. The van der Waals surface area contributed by atoms with Crippen LogP contribution in [0.3, 0.4) is 0 Å². The molecule has 2 aromatic carbocycles. The van der Waals surface area contributed by atoms with Gasteiger partial charge in [-0.2, -0.15) is 0 Å². The lowest BCUT2D eigenvalue weighted by molar-refractivity contribution is 0.0785. The molecule has 0 atom stereocenters. The SMILES string of the molecule is COc1ccc(CN(C)C(=O)c2ccc(OCc3c(C)noc3C)cc2)cc1OC. The number of benzene rings is 2. The molecule has 0 aliphatic carbocycles. The predicted octanol–water partition coefficient (Wildman–Crippen LogP) is 4.16. The Kier molecular flexibility index (Phi) is 6.61. The van der Waals surface area contributed by atoms with Crippen LogP contribution in [0, 0.1) is 13.8 Å². The predicted molar refractivity (Wildman–Crippen MR) is 112 cm³/mol. The quantitative estimate of drug-likeness (QED) is 0.555. The van der Waals surface area contributed by atoms with Crippen LogP contribution in [-0.2, 0) is 13.2 Å². The highest BCUT2D eigenvalue weighted by Gasteiger charge is 2.14. The van der Waals surface area contributed by atoms with Gasteiger partial charge in [0.25, 0.3) is 5.91 Å². The van der Waals surface area contributed by atoms with E-state index < -0.39 is 0 Å². The van der Waals surface area contributed by atoms with E-state index in [1.807, 2.05) is 32.0 Å². The van der Waals surface area contributed by atoms with E-state index in [-0.39, 0.29) is 5.91 Å². The molecule has 0 aliphatic heterocycles. The maximum absolute atomic E-state index is 12.8. The highest BCUT2D eigenvalue weighted by Crippen LogP contribution is 2.28. The number of aryl methyl sites for hydroxylation is 2. The summed E-state index contributed by atoms with van der Waals surface area (Å²) >= 11 is 0. The van der Waals surface area contributed by atoms with E-state index in [1.165, 1.54) is 0 Å². The third kappa shape index (κ3) is 4.74. The van der Waals surface area contributed by atoms with Gasteiger partial charge in [-0.1, -0.05) is 11.2 Å². The number of aromatic nitrogens is 1. The Morgan fingerprint density at radius 2 is 1.73 bits per heavy atom. The highest BCUT2D eigenvalue weighted by molar-refractivity contribution is 5.94. The molecule has 1 heterocycles. The number of hydrogen-bond acceptors (Lipinski definition) is 6. The Hall–Kier alpha value is -3.48. The third-order valence-corrected chi connectivity index (χ3v) is 4.88. The molecule has 7 nitrogen and oxygen atoms in total. The summed E-state index contributed by atoms with van der Waals surface area (Å²) < 4.78 is 21.5. The van der Waals surface area contributed by atoms with Crippen LogP contribution in [-0.4, -0.2) is 37.2 Å². The van der Waals surface area contributed by atoms with Gasteiger partial charge < -0.3 is 23.6 Å². The van der Waals surface area contributed by atoms with Crippen molar-refractivity contribution in [1.82, 2.24) is 10.1 Å². The molecule has 3 aromatic rings. The maximum atomic E-state index is 12.8. The number of amides is 1. The molecule has 0 saturated heterocycles. The molecule has 1 amide bonds. The van der Waals surface area contributed by atoms with Crippen LogP contribution < -0.4 is 14.2 Å². The maximum Gasteiger partial charge on any atom is 0.253 e. The summed E-state index contributed by atoms with van der Waals surface area (Å²) in [5, 5.41) is 3.92. The molecular formula is C23H26N2O5. The van der Waals surface area contributed by atoms with Gasteiger partial charge in [-0.25, -0.2) is 0 Å². The second kappa shape index (κ2) is 9.35. The first-order chi connectivity index (χ1) is 14.4. The van der Waals surface area contributed by atoms with Crippen LogP contribution in [0.1, 0.15) is 32.9 Å². The first kappa shape index (κ1) is 21.2. The van der Waals surface area contributed by atoms with Crippen molar-refractivity contribution < 1.29 is 23.5 Å².